The topological polar surface area (TPSA) is 166 Å². The van der Waals surface area contributed by atoms with Crippen LogP contribution in [-0.2, 0) is 0 Å². The Kier molecular flexibility index (Phi) is 6.49. The maximum absolute atomic E-state index is 13.2. The molecule has 2 heterocycles. The van der Waals surface area contributed by atoms with Gasteiger partial charge in [0.1, 0.15) is 22.0 Å². The number of nitro groups is 1. The average molecular weight is 495 g/mol. The first-order valence-corrected chi connectivity index (χ1v) is 11.3. The molecule has 0 radical (unpaired) electrons. The van der Waals surface area contributed by atoms with E-state index in [-0.39, 0.29) is 34.2 Å². The summed E-state index contributed by atoms with van der Waals surface area (Å²) in [5.41, 5.74) is 1.46. The van der Waals surface area contributed by atoms with Crippen molar-refractivity contribution in [3.05, 3.63) is 75.5 Å². The van der Waals surface area contributed by atoms with Crippen molar-refractivity contribution >= 4 is 50.6 Å². The van der Waals surface area contributed by atoms with Gasteiger partial charge in [-0.1, -0.05) is 12.1 Å². The molecule has 0 bridgehead atoms. The van der Waals surface area contributed by atoms with Gasteiger partial charge in [-0.15, -0.1) is 0 Å². The summed E-state index contributed by atoms with van der Waals surface area (Å²) in [5.74, 6) is -1.10. The molecule has 0 aliphatic carbocycles. The molecule has 12 heteroatoms. The van der Waals surface area contributed by atoms with E-state index >= 15 is 0 Å². The molecule has 0 fully saturated rings. The van der Waals surface area contributed by atoms with Crippen LogP contribution in [0.2, 0.25) is 0 Å². The van der Waals surface area contributed by atoms with Gasteiger partial charge in [0.05, 0.1) is 16.5 Å². The highest BCUT2D eigenvalue weighted by atomic mass is 32.1. The number of aryl methyl sites for hydroxylation is 1. The van der Waals surface area contributed by atoms with Crippen LogP contribution in [0.5, 0.6) is 5.88 Å². The Hall–Kier alpha value is -4.29. The Morgan fingerprint density at radius 2 is 2.06 bits per heavy atom. The molecular formula is C23H22N6O5S. The van der Waals surface area contributed by atoms with Crippen molar-refractivity contribution in [2.24, 2.45) is 0 Å². The molecule has 35 heavy (non-hydrogen) atoms. The number of hydrogen-bond acceptors (Lipinski definition) is 9. The fourth-order valence-corrected chi connectivity index (χ4v) is 4.27. The Balaban J connectivity index is 1.66. The van der Waals surface area contributed by atoms with Crippen LogP contribution in [0, 0.1) is 22.4 Å². The van der Waals surface area contributed by atoms with Crippen LogP contribution in [0.1, 0.15) is 28.4 Å². The number of aromatic nitrogens is 2. The number of hydrogen-bond donors (Lipinski definition) is 5. The molecule has 0 aliphatic rings. The Morgan fingerprint density at radius 1 is 1.29 bits per heavy atom. The maximum atomic E-state index is 13.2. The molecule has 0 amide bonds. The van der Waals surface area contributed by atoms with Crippen molar-refractivity contribution in [2.75, 3.05) is 11.9 Å². The van der Waals surface area contributed by atoms with E-state index in [1.807, 2.05) is 25.1 Å². The first kappa shape index (κ1) is 23.9. The van der Waals surface area contributed by atoms with Crippen LogP contribution < -0.4 is 10.6 Å². The number of benzene rings is 2. The van der Waals surface area contributed by atoms with Crippen LogP contribution in [0.4, 0.5) is 16.4 Å². The van der Waals surface area contributed by atoms with E-state index in [1.54, 1.807) is 19.2 Å². The second-order valence-electron chi connectivity index (χ2n) is 7.98. The van der Waals surface area contributed by atoms with E-state index in [4.69, 9.17) is 5.41 Å². The van der Waals surface area contributed by atoms with Gasteiger partial charge in [0.2, 0.25) is 5.88 Å². The van der Waals surface area contributed by atoms with E-state index < -0.39 is 28.5 Å². The second kappa shape index (κ2) is 9.52. The number of carbonyl (C=O) groups is 1. The summed E-state index contributed by atoms with van der Waals surface area (Å²) in [6.45, 7) is 3.53. The zero-order valence-electron chi connectivity index (χ0n) is 18.8. The number of amidine groups is 1. The number of aromatic hydroxyl groups is 1. The Bertz CT molecular complexity index is 1460. The lowest BCUT2D eigenvalue weighted by atomic mass is 10.1. The van der Waals surface area contributed by atoms with E-state index in [1.165, 1.54) is 22.8 Å². The lowest BCUT2D eigenvalue weighted by molar-refractivity contribution is -0.385. The van der Waals surface area contributed by atoms with Gasteiger partial charge in [-0.25, -0.2) is 0 Å². The molecule has 1 unspecified atom stereocenters. The number of anilines is 2. The lowest BCUT2D eigenvalue weighted by Crippen LogP contribution is -2.30. The molecular weight excluding hydrogens is 472 g/mol. The summed E-state index contributed by atoms with van der Waals surface area (Å²) in [7, 11) is 0. The van der Waals surface area contributed by atoms with Crippen molar-refractivity contribution in [1.29, 1.82) is 5.41 Å². The fourth-order valence-electron chi connectivity index (χ4n) is 3.55. The van der Waals surface area contributed by atoms with Crippen molar-refractivity contribution < 1.29 is 19.9 Å². The van der Waals surface area contributed by atoms with Crippen molar-refractivity contribution in [3.63, 3.8) is 0 Å². The predicted octanol–water partition coefficient (Wildman–Crippen LogP) is 3.75. The monoisotopic (exact) mass is 494 g/mol. The minimum atomic E-state index is -0.713. The van der Waals surface area contributed by atoms with Crippen LogP contribution >= 0.6 is 11.5 Å². The lowest BCUT2D eigenvalue weighted by Gasteiger charge is -2.12. The minimum Gasteiger partial charge on any atom is -0.492 e. The molecule has 5 N–H and O–H groups in total. The van der Waals surface area contributed by atoms with E-state index in [0.717, 1.165) is 22.5 Å². The molecule has 0 saturated carbocycles. The fraction of sp³-hybridized carbons (Fsp3) is 0.174. The number of aliphatic hydroxyl groups is 1. The van der Waals surface area contributed by atoms with Gasteiger partial charge in [0.15, 0.2) is 0 Å². The van der Waals surface area contributed by atoms with Gasteiger partial charge in [-0.05, 0) is 55.2 Å². The first-order valence-electron chi connectivity index (χ1n) is 10.5. The minimum absolute atomic E-state index is 0.0626. The molecule has 1 atom stereocenters. The molecule has 4 rings (SSSR count). The predicted molar refractivity (Wildman–Crippen MR) is 133 cm³/mol. The van der Waals surface area contributed by atoms with Gasteiger partial charge in [-0.2, -0.15) is 4.37 Å². The van der Waals surface area contributed by atoms with E-state index in [2.05, 4.69) is 15.0 Å². The Labute approximate surface area is 203 Å². The zero-order valence-corrected chi connectivity index (χ0v) is 19.6. The van der Waals surface area contributed by atoms with Gasteiger partial charge >= 0.3 is 0 Å². The van der Waals surface area contributed by atoms with E-state index in [9.17, 15) is 25.1 Å². The number of nitrogens with zero attached hydrogens (tertiary/aromatic N) is 3. The second-order valence-corrected chi connectivity index (χ2v) is 8.76. The van der Waals surface area contributed by atoms with Crippen LogP contribution in [0.25, 0.3) is 10.9 Å². The number of carbonyl (C=O) groups excluding carboxylic acids is 1. The standard InChI is InChI=1S/C23H22N6O5S/c1-12-3-4-14-7-8-28(17(14)9-12)23(32)16-6-5-15(10-18(16)29(33)34)26-22-19(21(31)27-35-22)20(24)25-11-13(2)30/h3-10,13,26,30H,11H2,1-2H3,(H2,24,25)(H,27,31). The number of nitro benzene ring substituents is 1. The number of fused-ring (bicyclic) bond motifs is 1. The third-order valence-electron chi connectivity index (χ3n) is 5.25. The quantitative estimate of drug-likeness (QED) is 0.112. The van der Waals surface area contributed by atoms with Crippen LogP contribution in [-0.4, -0.2) is 48.5 Å². The highest BCUT2D eigenvalue weighted by molar-refractivity contribution is 7.11. The normalized spacial score (nSPS) is 11.9. The summed E-state index contributed by atoms with van der Waals surface area (Å²) in [5, 5.41) is 46.2. The summed E-state index contributed by atoms with van der Waals surface area (Å²) in [6.07, 6.45) is 0.871. The van der Waals surface area contributed by atoms with Crippen LogP contribution in [0.3, 0.4) is 0 Å². The largest absolute Gasteiger partial charge is 0.492 e. The molecule has 2 aromatic carbocycles. The molecule has 4 aromatic rings. The van der Waals surface area contributed by atoms with Crippen LogP contribution in [0.15, 0.2) is 48.7 Å². The van der Waals surface area contributed by atoms with Gasteiger partial charge in [0, 0.05) is 29.9 Å². The Morgan fingerprint density at radius 3 is 2.77 bits per heavy atom. The number of nitrogens with one attached hydrogen (secondary N) is 3. The molecule has 0 saturated heterocycles. The molecule has 0 spiro atoms. The van der Waals surface area contributed by atoms with Gasteiger partial charge < -0.3 is 20.8 Å². The highest BCUT2D eigenvalue weighted by Crippen LogP contribution is 2.34. The summed E-state index contributed by atoms with van der Waals surface area (Å²) in [4.78, 5) is 24.5. The third-order valence-corrected chi connectivity index (χ3v) is 6.00. The SMILES string of the molecule is Cc1ccc2ccn(C(=O)c3ccc(Nc4snc(O)c4C(=N)NCC(C)O)cc3[N+](=O)[O-])c2c1. The third kappa shape index (κ3) is 4.83. The molecule has 180 valence electrons. The van der Waals surface area contributed by atoms with Gasteiger partial charge in [0.25, 0.3) is 11.6 Å². The van der Waals surface area contributed by atoms with Crippen molar-refractivity contribution in [3.8, 4) is 5.88 Å². The van der Waals surface area contributed by atoms with Gasteiger partial charge in [-0.3, -0.25) is 24.9 Å². The molecule has 0 aliphatic heterocycles. The molecule has 2 aromatic heterocycles. The summed E-state index contributed by atoms with van der Waals surface area (Å²) in [6, 6.07) is 11.5. The summed E-state index contributed by atoms with van der Waals surface area (Å²) < 4.78 is 5.22. The van der Waals surface area contributed by atoms with Crippen molar-refractivity contribution in [2.45, 2.75) is 20.0 Å². The number of rotatable bonds is 7. The maximum Gasteiger partial charge on any atom is 0.284 e. The number of aliphatic hydroxyl groups excluding tert-OH is 1. The average Bonchev–Trinajstić information content (AvgIpc) is 3.39. The van der Waals surface area contributed by atoms with E-state index in [0.29, 0.717) is 5.52 Å². The molecule has 11 nitrogen and oxygen atoms in total. The summed E-state index contributed by atoms with van der Waals surface area (Å²) >= 11 is 0.864. The zero-order chi connectivity index (χ0) is 25.3. The smallest absolute Gasteiger partial charge is 0.284 e. The highest BCUT2D eigenvalue weighted by Gasteiger charge is 2.24. The first-order chi connectivity index (χ1) is 16.7. The van der Waals surface area contributed by atoms with Crippen molar-refractivity contribution in [1.82, 2.24) is 14.3 Å².